The highest BCUT2D eigenvalue weighted by atomic mass is 35.5. The standard InChI is InChI=1S/C14H19ClN2O6S.C13H22N2O6S.C8H13ClN2O3S/c1-14(2,3)23-12(18)17(4)11-16-7-9-8(21-13(19)22-9)6(5-15)20-10(7)24-11;1-13(2,3)21-12(19)15(4)11-14-7-9(18)8(17)6(5-16)20-10(7)22-11;1-10-8-11-4-6(13)5(12)3(2-9)14-7(4)15-8/h6-10H,5H2,1-4H3;6-10,16-18H,5H2,1-4H3;3-7,12-13H,2H2,1H3,(H,10,11)/t2*6-,7-,8-,9-,10-;3-,4-,5-,6-,7-/m111/s1. The molecule has 7 aliphatic heterocycles. The molecule has 0 aromatic carbocycles. The third-order valence-corrected chi connectivity index (χ3v) is 13.7. The fraction of sp³-hybridized carbons (Fsp3) is 0.829. The molecule has 7 aliphatic rings. The van der Waals surface area contributed by atoms with Gasteiger partial charge in [0.25, 0.3) is 0 Å². The van der Waals surface area contributed by atoms with Gasteiger partial charge in [-0.3, -0.25) is 24.8 Å². The average molecular weight is 966 g/mol. The maximum atomic E-state index is 12.2. The molecule has 2 amide bonds. The first-order valence-electron chi connectivity index (χ1n) is 19.1. The topological polar surface area (TPSA) is 273 Å². The number of carbonyl (C=O) groups is 3. The predicted molar refractivity (Wildman–Crippen MR) is 227 cm³/mol. The van der Waals surface area contributed by atoms with Crippen molar-refractivity contribution in [3.05, 3.63) is 0 Å². The second-order valence-corrected chi connectivity index (χ2v) is 20.3. The van der Waals surface area contributed by atoms with Crippen molar-refractivity contribution in [2.24, 2.45) is 15.0 Å². The molecule has 0 radical (unpaired) electrons. The number of hydrogen-bond acceptors (Lipinski definition) is 21. The van der Waals surface area contributed by atoms with Gasteiger partial charge in [-0.2, -0.15) is 0 Å². The van der Waals surface area contributed by atoms with E-state index in [9.17, 15) is 34.8 Å². The van der Waals surface area contributed by atoms with Crippen molar-refractivity contribution < 1.29 is 73.1 Å². The van der Waals surface area contributed by atoms with E-state index in [1.165, 1.54) is 40.4 Å². The molecular weight excluding hydrogens is 912 g/mol. The van der Waals surface area contributed by atoms with E-state index in [4.69, 9.17) is 61.5 Å². The van der Waals surface area contributed by atoms with Crippen molar-refractivity contribution in [3.63, 3.8) is 0 Å². The normalized spacial score (nSPS) is 37.9. The number of hydrogen-bond donors (Lipinski definition) is 6. The summed E-state index contributed by atoms with van der Waals surface area (Å²) < 4.78 is 37.9. The van der Waals surface area contributed by atoms with E-state index in [-0.39, 0.29) is 23.2 Å². The predicted octanol–water partition coefficient (Wildman–Crippen LogP) is 1.32. The summed E-state index contributed by atoms with van der Waals surface area (Å²) in [6.07, 6.45) is -9.06. The number of halogens is 2. The minimum absolute atomic E-state index is 0.166. The third kappa shape index (κ3) is 11.8. The molecule has 0 aliphatic carbocycles. The molecule has 7 rings (SSSR count). The van der Waals surface area contributed by atoms with Crippen LogP contribution in [-0.4, -0.2) is 209 Å². The van der Waals surface area contributed by atoms with Gasteiger partial charge in [-0.25, -0.2) is 14.4 Å². The van der Waals surface area contributed by atoms with E-state index in [2.05, 4.69) is 20.3 Å². The number of fused-ring (bicyclic) bond motifs is 5. The zero-order chi connectivity index (χ0) is 45.3. The van der Waals surface area contributed by atoms with E-state index in [0.29, 0.717) is 15.5 Å². The van der Waals surface area contributed by atoms with Gasteiger partial charge in [-0.05, 0) is 41.5 Å². The molecule has 0 aromatic rings. The lowest BCUT2D eigenvalue weighted by molar-refractivity contribution is -0.164. The molecule has 5 saturated heterocycles. The Kier molecular flexibility index (Phi) is 16.7. The van der Waals surface area contributed by atoms with Crippen LogP contribution in [0.3, 0.4) is 0 Å². The van der Waals surface area contributed by atoms with Crippen LogP contribution in [0.25, 0.3) is 0 Å². The molecule has 346 valence electrons. The Morgan fingerprint density at radius 2 is 1.21 bits per heavy atom. The molecule has 21 nitrogen and oxygen atoms in total. The van der Waals surface area contributed by atoms with Crippen molar-refractivity contribution in [1.29, 1.82) is 0 Å². The first-order valence-corrected chi connectivity index (χ1v) is 22.8. The number of aliphatic hydroxyl groups excluding tert-OH is 5. The fourth-order valence-corrected chi connectivity index (χ4v) is 10.4. The van der Waals surface area contributed by atoms with Crippen molar-refractivity contribution in [2.45, 2.75) is 142 Å². The van der Waals surface area contributed by atoms with Gasteiger partial charge in [0.1, 0.15) is 82.3 Å². The van der Waals surface area contributed by atoms with Gasteiger partial charge in [-0.1, -0.05) is 35.3 Å². The number of nitrogens with zero attached hydrogens (tertiary/aromatic N) is 5. The van der Waals surface area contributed by atoms with Crippen LogP contribution in [0, 0.1) is 0 Å². The van der Waals surface area contributed by atoms with Crippen LogP contribution in [0.2, 0.25) is 0 Å². The molecule has 6 N–H and O–H groups in total. The maximum absolute atomic E-state index is 12.2. The van der Waals surface area contributed by atoms with Crippen LogP contribution in [0.1, 0.15) is 41.5 Å². The zero-order valence-electron chi connectivity index (χ0n) is 34.8. The summed E-state index contributed by atoms with van der Waals surface area (Å²) in [5.41, 5.74) is -2.43. The molecule has 0 bridgehead atoms. The second-order valence-electron chi connectivity index (χ2n) is 16.4. The van der Waals surface area contributed by atoms with Crippen LogP contribution < -0.4 is 5.32 Å². The third-order valence-electron chi connectivity index (χ3n) is 9.52. The number of aliphatic imine (C=N–C) groups is 3. The lowest BCUT2D eigenvalue weighted by atomic mass is 9.99. The van der Waals surface area contributed by atoms with Crippen molar-refractivity contribution >= 4 is 92.3 Å². The van der Waals surface area contributed by atoms with Gasteiger partial charge in [0, 0.05) is 21.1 Å². The Morgan fingerprint density at radius 3 is 1.72 bits per heavy atom. The molecule has 0 spiro atoms. The quantitative estimate of drug-likeness (QED) is 0.132. The second kappa shape index (κ2) is 20.4. The summed E-state index contributed by atoms with van der Waals surface area (Å²) in [6.45, 7) is 10.2. The number of amidine groups is 3. The SMILES string of the molecule is CN(C(=O)OC(C)(C)C)C1=N[C@@H]2[C@@H](O)[C@H](O)[C@@H](CO)O[C@@H]2S1.CN(C(=O)OC(C)(C)C)C1=N[C@@H]2[C@H]3OC(=O)O[C@@H]3[C@@H](CCl)O[C@@H]2S1.CN=C1N[C@@H]2[C@@H](O)[C@H](O)[C@@H](CCl)O[C@@H]2S1. The number of carbonyl (C=O) groups excluding carboxylic acids is 3. The Balaban J connectivity index is 0.000000178. The molecular formula is C35H54Cl2N6O15S3. The first kappa shape index (κ1) is 49.9. The van der Waals surface area contributed by atoms with Crippen molar-refractivity contribution in [2.75, 3.05) is 39.5 Å². The van der Waals surface area contributed by atoms with E-state index < -0.39 is 114 Å². The van der Waals surface area contributed by atoms with Gasteiger partial charge < -0.3 is 64.0 Å². The number of amides is 2. The Hall–Kier alpha value is -2.07. The van der Waals surface area contributed by atoms with Crippen LogP contribution in [-0.2, 0) is 33.2 Å². The molecule has 0 saturated carbocycles. The highest BCUT2D eigenvalue weighted by molar-refractivity contribution is 8.15. The summed E-state index contributed by atoms with van der Waals surface area (Å²) in [4.78, 5) is 51.0. The van der Waals surface area contributed by atoms with Gasteiger partial charge >= 0.3 is 18.3 Å². The maximum Gasteiger partial charge on any atom is 0.509 e. The minimum Gasteiger partial charge on any atom is -0.443 e. The molecule has 5 fully saturated rings. The monoisotopic (exact) mass is 964 g/mol. The first-order chi connectivity index (χ1) is 28.5. The van der Waals surface area contributed by atoms with Crippen LogP contribution in [0.5, 0.6) is 0 Å². The summed E-state index contributed by atoms with van der Waals surface area (Å²) in [7, 11) is 4.75. The molecule has 0 aromatic heterocycles. The number of alkyl halides is 2. The van der Waals surface area contributed by atoms with Gasteiger partial charge in [0.05, 0.1) is 24.4 Å². The highest BCUT2D eigenvalue weighted by Crippen LogP contribution is 2.42. The van der Waals surface area contributed by atoms with Crippen LogP contribution in [0.4, 0.5) is 14.4 Å². The number of ether oxygens (including phenoxy) is 7. The van der Waals surface area contributed by atoms with Crippen molar-refractivity contribution in [3.8, 4) is 0 Å². The van der Waals surface area contributed by atoms with E-state index in [1.54, 1.807) is 55.6 Å². The summed E-state index contributed by atoms with van der Waals surface area (Å²) in [5.74, 6) is 0.333. The van der Waals surface area contributed by atoms with Gasteiger partial charge in [0.2, 0.25) is 0 Å². The van der Waals surface area contributed by atoms with Gasteiger partial charge in [0.15, 0.2) is 27.7 Å². The highest BCUT2D eigenvalue weighted by Gasteiger charge is 2.57. The Labute approximate surface area is 375 Å². The van der Waals surface area contributed by atoms with Gasteiger partial charge in [-0.15, -0.1) is 23.2 Å². The molecule has 0 unspecified atom stereocenters. The molecule has 26 heteroatoms. The van der Waals surface area contributed by atoms with E-state index in [0.717, 1.165) is 11.8 Å². The summed E-state index contributed by atoms with van der Waals surface area (Å²) >= 11 is 15.4. The summed E-state index contributed by atoms with van der Waals surface area (Å²) in [6, 6.07) is -1.46. The van der Waals surface area contributed by atoms with E-state index >= 15 is 0 Å². The largest absolute Gasteiger partial charge is 0.509 e. The number of aliphatic hydroxyl groups is 5. The zero-order valence-corrected chi connectivity index (χ0v) is 38.8. The van der Waals surface area contributed by atoms with Crippen molar-refractivity contribution in [1.82, 2.24) is 15.1 Å². The average Bonchev–Trinajstić information content (AvgIpc) is 4.00. The lowest BCUT2D eigenvalue weighted by Gasteiger charge is -2.38. The Bertz CT molecular complexity index is 1690. The smallest absolute Gasteiger partial charge is 0.443 e. The summed E-state index contributed by atoms with van der Waals surface area (Å²) in [5, 5.41) is 53.1. The molecule has 15 atom stereocenters. The van der Waals surface area contributed by atoms with E-state index in [1.807, 2.05) is 0 Å². The number of rotatable bonds is 3. The lowest BCUT2D eigenvalue weighted by Crippen LogP contribution is -2.59. The molecule has 61 heavy (non-hydrogen) atoms. The number of thioether (sulfide) groups is 3. The van der Waals surface area contributed by atoms with Crippen LogP contribution >= 0.6 is 58.5 Å². The van der Waals surface area contributed by atoms with Crippen LogP contribution in [0.15, 0.2) is 15.0 Å². The Morgan fingerprint density at radius 1 is 0.738 bits per heavy atom. The molecule has 7 heterocycles. The minimum atomic E-state index is -1.22. The number of nitrogens with one attached hydrogen (secondary N) is 1. The fourth-order valence-electron chi connectivity index (χ4n) is 6.47.